The van der Waals surface area contributed by atoms with Gasteiger partial charge in [0, 0.05) is 38.3 Å². The molecule has 2 rings (SSSR count). The van der Waals surface area contributed by atoms with Crippen LogP contribution >= 0.6 is 0 Å². The van der Waals surface area contributed by atoms with Crippen molar-refractivity contribution in [2.24, 2.45) is 17.1 Å². The molecule has 0 unspecified atom stereocenters. The highest BCUT2D eigenvalue weighted by Gasteiger charge is 2.49. The van der Waals surface area contributed by atoms with Crippen LogP contribution in [0, 0.1) is 11.3 Å². The molecule has 0 atom stereocenters. The zero-order valence-electron chi connectivity index (χ0n) is 12.9. The van der Waals surface area contributed by atoms with Gasteiger partial charge in [-0.2, -0.15) is 0 Å². The lowest BCUT2D eigenvalue weighted by molar-refractivity contribution is -0.152. The van der Waals surface area contributed by atoms with Gasteiger partial charge in [0.05, 0.1) is 5.41 Å². The fraction of sp³-hybridized carbons (Fsp3) is 0.933. The zero-order valence-corrected chi connectivity index (χ0v) is 12.9. The van der Waals surface area contributed by atoms with Crippen molar-refractivity contribution in [3.05, 3.63) is 0 Å². The molecule has 1 aliphatic heterocycles. The maximum atomic E-state index is 12.7. The van der Waals surface area contributed by atoms with Crippen molar-refractivity contribution in [1.29, 1.82) is 0 Å². The van der Waals surface area contributed by atoms with Crippen molar-refractivity contribution in [3.8, 4) is 0 Å². The molecule has 0 aromatic carbocycles. The molecule has 19 heavy (non-hydrogen) atoms. The summed E-state index contributed by atoms with van der Waals surface area (Å²) in [4.78, 5) is 17.2. The van der Waals surface area contributed by atoms with Gasteiger partial charge in [-0.05, 0) is 39.5 Å². The van der Waals surface area contributed by atoms with E-state index in [1.165, 1.54) is 0 Å². The van der Waals surface area contributed by atoms with Gasteiger partial charge in [-0.25, -0.2) is 0 Å². The maximum absolute atomic E-state index is 12.7. The molecule has 4 nitrogen and oxygen atoms in total. The smallest absolute Gasteiger partial charge is 0.230 e. The van der Waals surface area contributed by atoms with Crippen LogP contribution < -0.4 is 5.73 Å². The molecule has 1 heterocycles. The van der Waals surface area contributed by atoms with Crippen molar-refractivity contribution >= 4 is 5.91 Å². The molecular weight excluding hydrogens is 238 g/mol. The minimum Gasteiger partial charge on any atom is -0.340 e. The van der Waals surface area contributed by atoms with Crippen LogP contribution in [0.15, 0.2) is 0 Å². The second-order valence-corrected chi connectivity index (χ2v) is 7.45. The van der Waals surface area contributed by atoms with Crippen LogP contribution in [-0.4, -0.2) is 54.0 Å². The fourth-order valence-corrected chi connectivity index (χ4v) is 3.62. The van der Waals surface area contributed by atoms with Crippen molar-refractivity contribution < 1.29 is 4.79 Å². The summed E-state index contributed by atoms with van der Waals surface area (Å²) in [6, 6.07) is 0. The normalized spacial score (nSPS) is 33.1. The third kappa shape index (κ3) is 2.79. The standard InChI is InChI=1S/C15H29N3O/c1-12-9-15(10-12,11-16)13(19)17-5-7-18(8-6-17)14(2,3)4/h12H,5-11,16H2,1-4H3. The number of hydrogen-bond acceptors (Lipinski definition) is 3. The molecule has 1 amide bonds. The molecule has 0 spiro atoms. The van der Waals surface area contributed by atoms with E-state index in [1.54, 1.807) is 0 Å². The Balaban J connectivity index is 1.93. The zero-order chi connectivity index (χ0) is 14.3. The molecule has 2 fully saturated rings. The molecule has 2 N–H and O–H groups in total. The van der Waals surface area contributed by atoms with E-state index in [2.05, 4.69) is 32.6 Å². The summed E-state index contributed by atoms with van der Waals surface area (Å²) in [7, 11) is 0. The van der Waals surface area contributed by atoms with Gasteiger partial charge >= 0.3 is 0 Å². The fourth-order valence-electron chi connectivity index (χ4n) is 3.62. The van der Waals surface area contributed by atoms with Crippen LogP contribution in [0.5, 0.6) is 0 Å². The Kier molecular flexibility index (Phi) is 3.94. The van der Waals surface area contributed by atoms with Gasteiger partial charge in [0.2, 0.25) is 5.91 Å². The highest BCUT2D eigenvalue weighted by atomic mass is 16.2. The first-order valence-electron chi connectivity index (χ1n) is 7.53. The second kappa shape index (κ2) is 5.06. The van der Waals surface area contributed by atoms with Gasteiger partial charge in [0.25, 0.3) is 0 Å². The van der Waals surface area contributed by atoms with E-state index >= 15 is 0 Å². The first kappa shape index (κ1) is 14.8. The van der Waals surface area contributed by atoms with Gasteiger partial charge in [0.15, 0.2) is 0 Å². The first-order valence-corrected chi connectivity index (χ1v) is 7.53. The molecule has 4 heteroatoms. The van der Waals surface area contributed by atoms with Crippen LogP contribution in [0.1, 0.15) is 40.5 Å². The molecule has 2 aliphatic rings. The van der Waals surface area contributed by atoms with E-state index in [9.17, 15) is 4.79 Å². The van der Waals surface area contributed by atoms with Crippen LogP contribution in [0.3, 0.4) is 0 Å². The van der Waals surface area contributed by atoms with Crippen LogP contribution in [0.2, 0.25) is 0 Å². The average molecular weight is 267 g/mol. The van der Waals surface area contributed by atoms with Crippen LogP contribution in [-0.2, 0) is 4.79 Å². The summed E-state index contributed by atoms with van der Waals surface area (Å²) in [6.45, 7) is 13.1. The monoisotopic (exact) mass is 267 g/mol. The SMILES string of the molecule is CC1CC(CN)(C(=O)N2CCN(C(C)(C)C)CC2)C1. The number of carbonyl (C=O) groups excluding carboxylic acids is 1. The highest BCUT2D eigenvalue weighted by Crippen LogP contribution is 2.46. The van der Waals surface area contributed by atoms with E-state index in [0.29, 0.717) is 18.4 Å². The molecule has 0 bridgehead atoms. The second-order valence-electron chi connectivity index (χ2n) is 7.45. The first-order chi connectivity index (χ1) is 8.78. The summed E-state index contributed by atoms with van der Waals surface area (Å²) in [5.41, 5.74) is 5.84. The molecule has 0 aromatic heterocycles. The van der Waals surface area contributed by atoms with Gasteiger partial charge < -0.3 is 10.6 Å². The lowest BCUT2D eigenvalue weighted by atomic mass is 9.61. The number of nitrogens with two attached hydrogens (primary N) is 1. The number of nitrogens with zero attached hydrogens (tertiary/aromatic N) is 2. The van der Waals surface area contributed by atoms with Gasteiger partial charge in [-0.15, -0.1) is 0 Å². The molecule has 1 aliphatic carbocycles. The summed E-state index contributed by atoms with van der Waals surface area (Å²) in [6.07, 6.45) is 1.95. The van der Waals surface area contributed by atoms with Crippen molar-refractivity contribution in [3.63, 3.8) is 0 Å². The van der Waals surface area contributed by atoms with Gasteiger partial charge in [0.1, 0.15) is 0 Å². The van der Waals surface area contributed by atoms with E-state index < -0.39 is 0 Å². The third-order valence-electron chi connectivity index (χ3n) is 4.84. The molecule has 1 saturated heterocycles. The van der Waals surface area contributed by atoms with E-state index in [4.69, 9.17) is 5.73 Å². The van der Waals surface area contributed by atoms with Crippen LogP contribution in [0.4, 0.5) is 0 Å². The summed E-state index contributed by atoms with van der Waals surface area (Å²) in [5.74, 6) is 0.963. The highest BCUT2D eigenvalue weighted by molar-refractivity contribution is 5.84. The number of piperazine rings is 1. The predicted molar refractivity (Wildman–Crippen MR) is 77.8 cm³/mol. The third-order valence-corrected chi connectivity index (χ3v) is 4.84. The predicted octanol–water partition coefficient (Wildman–Crippen LogP) is 1.30. The number of carbonyl (C=O) groups is 1. The van der Waals surface area contributed by atoms with Crippen molar-refractivity contribution in [2.75, 3.05) is 32.7 Å². The summed E-state index contributed by atoms with van der Waals surface area (Å²) >= 11 is 0. The maximum Gasteiger partial charge on any atom is 0.230 e. The van der Waals surface area contributed by atoms with Gasteiger partial charge in [-0.1, -0.05) is 6.92 Å². The molecule has 1 saturated carbocycles. The van der Waals surface area contributed by atoms with E-state index in [1.807, 2.05) is 4.90 Å². The Bertz CT molecular complexity index is 334. The van der Waals surface area contributed by atoms with E-state index in [-0.39, 0.29) is 11.0 Å². The quantitative estimate of drug-likeness (QED) is 0.820. The Morgan fingerprint density at radius 1 is 1.21 bits per heavy atom. The average Bonchev–Trinajstić information content (AvgIpc) is 2.33. The Morgan fingerprint density at radius 3 is 2.11 bits per heavy atom. The number of rotatable bonds is 2. The van der Waals surface area contributed by atoms with Crippen LogP contribution in [0.25, 0.3) is 0 Å². The number of amides is 1. The largest absolute Gasteiger partial charge is 0.340 e. The molecule has 0 aromatic rings. The summed E-state index contributed by atoms with van der Waals surface area (Å²) < 4.78 is 0. The Morgan fingerprint density at radius 2 is 1.74 bits per heavy atom. The molecule has 110 valence electrons. The number of hydrogen-bond donors (Lipinski definition) is 1. The topological polar surface area (TPSA) is 49.6 Å². The van der Waals surface area contributed by atoms with Gasteiger partial charge in [-0.3, -0.25) is 9.69 Å². The minimum atomic E-state index is -0.233. The summed E-state index contributed by atoms with van der Waals surface area (Å²) in [5, 5.41) is 0. The lowest BCUT2D eigenvalue weighted by Crippen LogP contribution is -2.60. The lowest BCUT2D eigenvalue weighted by Gasteiger charge is -2.49. The van der Waals surface area contributed by atoms with Crippen molar-refractivity contribution in [2.45, 2.75) is 46.1 Å². The van der Waals surface area contributed by atoms with E-state index in [0.717, 1.165) is 39.0 Å². The minimum absolute atomic E-state index is 0.200. The molecular formula is C15H29N3O. The Labute approximate surface area is 117 Å². The van der Waals surface area contributed by atoms with Crippen molar-refractivity contribution in [1.82, 2.24) is 9.80 Å². The Hall–Kier alpha value is -0.610. The molecule has 0 radical (unpaired) electrons.